The molecule has 0 aromatic carbocycles. The van der Waals surface area contributed by atoms with Crippen LogP contribution in [0.25, 0.3) is 0 Å². The van der Waals surface area contributed by atoms with E-state index in [0.717, 1.165) is 36.3 Å². The first kappa shape index (κ1) is 13.0. The predicted molar refractivity (Wildman–Crippen MR) is 73.9 cm³/mol. The Kier molecular flexibility index (Phi) is 3.85. The van der Waals surface area contributed by atoms with Gasteiger partial charge in [0.15, 0.2) is 0 Å². The second-order valence-electron chi connectivity index (χ2n) is 5.41. The van der Waals surface area contributed by atoms with Crippen molar-refractivity contribution in [2.75, 3.05) is 26.7 Å². The van der Waals surface area contributed by atoms with E-state index in [9.17, 15) is 0 Å². The van der Waals surface area contributed by atoms with Gasteiger partial charge >= 0.3 is 0 Å². The maximum Gasteiger partial charge on any atom is 0.0544 e. The van der Waals surface area contributed by atoms with Gasteiger partial charge in [0.05, 0.1) is 5.69 Å². The van der Waals surface area contributed by atoms with Crippen LogP contribution in [0.4, 0.5) is 0 Å². The summed E-state index contributed by atoms with van der Waals surface area (Å²) in [4.78, 5) is 9.35. The molecule has 2 rings (SSSR count). The first-order chi connectivity index (χ1) is 7.97. The molecule has 0 radical (unpaired) electrons. The van der Waals surface area contributed by atoms with Gasteiger partial charge < -0.3 is 0 Å². The molecule has 4 heteroatoms. The predicted octanol–water partition coefficient (Wildman–Crippen LogP) is 2.37. The van der Waals surface area contributed by atoms with Crippen molar-refractivity contribution in [1.82, 2.24) is 14.8 Å². The summed E-state index contributed by atoms with van der Waals surface area (Å²) < 4.78 is 1.04. The molecule has 3 nitrogen and oxygen atoms in total. The van der Waals surface area contributed by atoms with Crippen LogP contribution in [0, 0.1) is 0 Å². The molecule has 0 spiro atoms. The summed E-state index contributed by atoms with van der Waals surface area (Å²) in [5, 5.41) is 0. The third kappa shape index (κ3) is 3.27. The lowest BCUT2D eigenvalue weighted by atomic mass is 9.99. The normalized spacial score (nSPS) is 21.6. The van der Waals surface area contributed by atoms with Gasteiger partial charge in [0.1, 0.15) is 0 Å². The van der Waals surface area contributed by atoms with E-state index in [1.807, 2.05) is 6.20 Å². The number of aromatic nitrogens is 1. The molecule has 2 heterocycles. The summed E-state index contributed by atoms with van der Waals surface area (Å²) in [7, 11) is 2.20. The molecule has 1 aromatic rings. The average Bonchev–Trinajstić information content (AvgIpc) is 2.26. The highest BCUT2D eigenvalue weighted by Crippen LogP contribution is 2.20. The highest BCUT2D eigenvalue weighted by atomic mass is 79.9. The van der Waals surface area contributed by atoms with E-state index in [1.54, 1.807) is 0 Å². The molecule has 0 amide bonds. The van der Waals surface area contributed by atoms with Crippen molar-refractivity contribution in [2.45, 2.75) is 25.9 Å². The zero-order valence-corrected chi connectivity index (χ0v) is 12.4. The van der Waals surface area contributed by atoms with Gasteiger partial charge in [-0.15, -0.1) is 0 Å². The van der Waals surface area contributed by atoms with Crippen molar-refractivity contribution in [3.8, 4) is 0 Å². The second-order valence-corrected chi connectivity index (χ2v) is 6.33. The standard InChI is InChI=1S/C13H20BrN3/c1-13(2)10-17(7-6-16(13)3)9-12-5-4-11(14)8-15-12/h4-5,8H,6-7,9-10H2,1-3H3. The first-order valence-corrected chi connectivity index (χ1v) is 6.81. The molecule has 0 saturated carbocycles. The van der Waals surface area contributed by atoms with E-state index in [-0.39, 0.29) is 5.54 Å². The zero-order chi connectivity index (χ0) is 12.5. The van der Waals surface area contributed by atoms with E-state index in [1.165, 1.54) is 0 Å². The lowest BCUT2D eigenvalue weighted by molar-refractivity contribution is 0.0354. The Hall–Kier alpha value is -0.450. The molecule has 1 saturated heterocycles. The summed E-state index contributed by atoms with van der Waals surface area (Å²) in [6, 6.07) is 4.15. The minimum atomic E-state index is 0.258. The third-order valence-electron chi connectivity index (χ3n) is 3.57. The summed E-state index contributed by atoms with van der Waals surface area (Å²) in [6.07, 6.45) is 1.87. The van der Waals surface area contributed by atoms with Crippen molar-refractivity contribution < 1.29 is 0 Å². The maximum absolute atomic E-state index is 4.44. The Morgan fingerprint density at radius 2 is 2.12 bits per heavy atom. The number of rotatable bonds is 2. The molecule has 94 valence electrons. The molecule has 1 fully saturated rings. The molecular weight excluding hydrogens is 278 g/mol. The molecular formula is C13H20BrN3. The number of hydrogen-bond donors (Lipinski definition) is 0. The van der Waals surface area contributed by atoms with Gasteiger partial charge in [0.25, 0.3) is 0 Å². The number of likely N-dealkylation sites (N-methyl/N-ethyl adjacent to an activating group) is 1. The van der Waals surface area contributed by atoms with Crippen LogP contribution in [0.15, 0.2) is 22.8 Å². The van der Waals surface area contributed by atoms with Crippen LogP contribution in [-0.2, 0) is 6.54 Å². The van der Waals surface area contributed by atoms with Crippen molar-refractivity contribution in [1.29, 1.82) is 0 Å². The molecule has 0 atom stereocenters. The fourth-order valence-electron chi connectivity index (χ4n) is 2.21. The first-order valence-electron chi connectivity index (χ1n) is 6.01. The van der Waals surface area contributed by atoms with Gasteiger partial charge in [-0.25, -0.2) is 0 Å². The molecule has 0 aliphatic carbocycles. The lowest BCUT2D eigenvalue weighted by Crippen LogP contribution is -2.57. The SMILES string of the molecule is CN1CCN(Cc2ccc(Br)cn2)CC1(C)C. The summed E-state index contributed by atoms with van der Waals surface area (Å²) in [5.74, 6) is 0. The Balaban J connectivity index is 1.98. The minimum Gasteiger partial charge on any atom is -0.299 e. The van der Waals surface area contributed by atoms with Gasteiger partial charge in [-0.3, -0.25) is 14.8 Å². The van der Waals surface area contributed by atoms with Crippen LogP contribution in [-0.4, -0.2) is 47.0 Å². The quantitative estimate of drug-likeness (QED) is 0.835. The van der Waals surface area contributed by atoms with Crippen LogP contribution >= 0.6 is 15.9 Å². The Labute approximate surface area is 112 Å². The van der Waals surface area contributed by atoms with Crippen LogP contribution in [0.1, 0.15) is 19.5 Å². The van der Waals surface area contributed by atoms with E-state index >= 15 is 0 Å². The Morgan fingerprint density at radius 3 is 2.71 bits per heavy atom. The average molecular weight is 298 g/mol. The summed E-state index contributed by atoms with van der Waals surface area (Å²) >= 11 is 3.41. The van der Waals surface area contributed by atoms with Gasteiger partial charge in [-0.05, 0) is 49.0 Å². The number of piperazine rings is 1. The van der Waals surface area contributed by atoms with E-state index < -0.39 is 0 Å². The molecule has 0 bridgehead atoms. The van der Waals surface area contributed by atoms with E-state index in [4.69, 9.17) is 0 Å². The van der Waals surface area contributed by atoms with Crippen molar-refractivity contribution in [3.05, 3.63) is 28.5 Å². The highest BCUT2D eigenvalue weighted by Gasteiger charge is 2.30. The van der Waals surface area contributed by atoms with E-state index in [2.05, 4.69) is 63.7 Å². The second kappa shape index (κ2) is 5.04. The molecule has 17 heavy (non-hydrogen) atoms. The summed E-state index contributed by atoms with van der Waals surface area (Å²) in [6.45, 7) is 8.90. The third-order valence-corrected chi connectivity index (χ3v) is 4.04. The van der Waals surface area contributed by atoms with Crippen LogP contribution in [0.2, 0.25) is 0 Å². The van der Waals surface area contributed by atoms with Crippen molar-refractivity contribution in [3.63, 3.8) is 0 Å². The molecule has 1 aliphatic rings. The number of nitrogens with zero attached hydrogens (tertiary/aromatic N) is 3. The fraction of sp³-hybridized carbons (Fsp3) is 0.615. The smallest absolute Gasteiger partial charge is 0.0544 e. The van der Waals surface area contributed by atoms with Gasteiger partial charge in [-0.2, -0.15) is 0 Å². The zero-order valence-electron chi connectivity index (χ0n) is 10.8. The van der Waals surface area contributed by atoms with Crippen molar-refractivity contribution in [2.24, 2.45) is 0 Å². The van der Waals surface area contributed by atoms with Crippen LogP contribution in [0.5, 0.6) is 0 Å². The van der Waals surface area contributed by atoms with E-state index in [0.29, 0.717) is 0 Å². The largest absolute Gasteiger partial charge is 0.299 e. The monoisotopic (exact) mass is 297 g/mol. The molecule has 1 aliphatic heterocycles. The van der Waals surface area contributed by atoms with Crippen molar-refractivity contribution >= 4 is 15.9 Å². The number of pyridine rings is 1. The van der Waals surface area contributed by atoms with Crippen LogP contribution in [0.3, 0.4) is 0 Å². The lowest BCUT2D eigenvalue weighted by Gasteiger charge is -2.45. The summed E-state index contributed by atoms with van der Waals surface area (Å²) in [5.41, 5.74) is 1.40. The molecule has 1 aromatic heterocycles. The maximum atomic E-state index is 4.44. The van der Waals surface area contributed by atoms with Gasteiger partial charge in [0, 0.05) is 42.4 Å². The highest BCUT2D eigenvalue weighted by molar-refractivity contribution is 9.10. The molecule has 0 unspecified atom stereocenters. The fourth-order valence-corrected chi connectivity index (χ4v) is 2.44. The minimum absolute atomic E-state index is 0.258. The van der Waals surface area contributed by atoms with Gasteiger partial charge in [-0.1, -0.05) is 0 Å². The Morgan fingerprint density at radius 1 is 1.35 bits per heavy atom. The number of halogens is 1. The Bertz CT molecular complexity index is 375. The molecule has 0 N–H and O–H groups in total. The van der Waals surface area contributed by atoms with Gasteiger partial charge in [0.2, 0.25) is 0 Å². The number of hydrogen-bond acceptors (Lipinski definition) is 3. The van der Waals surface area contributed by atoms with Crippen LogP contribution < -0.4 is 0 Å². The topological polar surface area (TPSA) is 19.4 Å².